The van der Waals surface area contributed by atoms with Crippen molar-refractivity contribution in [2.75, 3.05) is 0 Å². The Balaban J connectivity index is 1.78. The smallest absolute Gasteiger partial charge is 0.224 e. The first-order valence-corrected chi connectivity index (χ1v) is 14.5. The first-order chi connectivity index (χ1) is 17.8. The number of nitriles is 1. The minimum Gasteiger partial charge on any atom is -0.353 e. The van der Waals surface area contributed by atoms with Crippen molar-refractivity contribution >= 4 is 39.0 Å². The minimum absolute atomic E-state index is 0.0428. The molecule has 1 N–H and O–H groups in total. The Morgan fingerprint density at radius 1 is 1.19 bits per heavy atom. The molecule has 0 bridgehead atoms. The molecule has 1 aromatic carbocycles. The van der Waals surface area contributed by atoms with Gasteiger partial charge in [0, 0.05) is 31.7 Å². The lowest BCUT2D eigenvalue weighted by atomic mass is 9.81. The second-order valence-corrected chi connectivity index (χ2v) is 11.3. The van der Waals surface area contributed by atoms with E-state index in [1.165, 1.54) is 12.0 Å². The van der Waals surface area contributed by atoms with Gasteiger partial charge in [-0.2, -0.15) is 5.26 Å². The van der Waals surface area contributed by atoms with Gasteiger partial charge in [-0.1, -0.05) is 45.8 Å². The highest BCUT2D eigenvalue weighted by molar-refractivity contribution is 7.18. The van der Waals surface area contributed by atoms with Gasteiger partial charge >= 0.3 is 0 Å². The number of aromatic nitrogens is 1. The van der Waals surface area contributed by atoms with Crippen LogP contribution in [0.4, 0.5) is 0 Å². The number of nitrogens with one attached hydrogen (secondary N) is 1. The summed E-state index contributed by atoms with van der Waals surface area (Å²) in [4.78, 5) is 43.3. The molecule has 37 heavy (non-hydrogen) atoms. The average molecular weight is 522 g/mol. The third kappa shape index (κ3) is 8.33. The van der Waals surface area contributed by atoms with E-state index < -0.39 is 5.92 Å². The summed E-state index contributed by atoms with van der Waals surface area (Å²) in [5, 5.41) is 13.1. The van der Waals surface area contributed by atoms with E-state index in [9.17, 15) is 14.4 Å². The van der Waals surface area contributed by atoms with Gasteiger partial charge in [0.2, 0.25) is 5.91 Å². The summed E-state index contributed by atoms with van der Waals surface area (Å²) >= 11 is 1.59. The molecule has 198 valence electrons. The zero-order valence-electron chi connectivity index (χ0n) is 22.2. The third-order valence-corrected chi connectivity index (χ3v) is 8.44. The quantitative estimate of drug-likeness (QED) is 0.233. The summed E-state index contributed by atoms with van der Waals surface area (Å²) in [5.41, 5.74) is 2.13. The second kappa shape index (κ2) is 14.2. The molecule has 1 amide bonds. The number of hydrogen-bond acceptors (Lipinski definition) is 6. The highest BCUT2D eigenvalue weighted by Crippen LogP contribution is 2.30. The SMILES string of the molecule is C=C(C#N)C(=O)CC[C@@H](NC(=O)[C@@H](CC(=O)CCC)Cc1nc2ccc(CC)cc2s1)C1CCCCC1. The van der Waals surface area contributed by atoms with Crippen molar-refractivity contribution in [2.24, 2.45) is 11.8 Å². The van der Waals surface area contributed by atoms with Crippen LogP contribution in [0.15, 0.2) is 30.4 Å². The molecule has 1 aromatic heterocycles. The fourth-order valence-corrected chi connectivity index (χ4v) is 6.32. The largest absolute Gasteiger partial charge is 0.353 e. The second-order valence-electron chi connectivity index (χ2n) is 10.2. The first kappa shape index (κ1) is 28.7. The maximum atomic E-state index is 13.6. The molecule has 1 saturated carbocycles. The number of carbonyl (C=O) groups is 3. The minimum atomic E-state index is -0.499. The molecule has 1 heterocycles. The monoisotopic (exact) mass is 521 g/mol. The highest BCUT2D eigenvalue weighted by Gasteiger charge is 2.30. The van der Waals surface area contributed by atoms with Crippen LogP contribution in [0.25, 0.3) is 10.2 Å². The lowest BCUT2D eigenvalue weighted by Crippen LogP contribution is -2.45. The molecule has 0 spiro atoms. The molecule has 1 aliphatic rings. The number of aryl methyl sites for hydroxylation is 1. The number of ketones is 2. The molecule has 6 nitrogen and oxygen atoms in total. The third-order valence-electron chi connectivity index (χ3n) is 7.40. The Kier molecular flexibility index (Phi) is 11.0. The van der Waals surface area contributed by atoms with E-state index in [1.807, 2.05) is 19.1 Å². The van der Waals surface area contributed by atoms with Crippen LogP contribution in [-0.4, -0.2) is 28.5 Å². The topological polar surface area (TPSA) is 99.9 Å². The lowest BCUT2D eigenvalue weighted by molar-refractivity contribution is -0.130. The van der Waals surface area contributed by atoms with Gasteiger partial charge in [0.1, 0.15) is 11.9 Å². The van der Waals surface area contributed by atoms with Crippen molar-refractivity contribution < 1.29 is 14.4 Å². The summed E-state index contributed by atoms with van der Waals surface area (Å²) in [7, 11) is 0. The molecule has 2 atom stereocenters. The molecule has 0 radical (unpaired) electrons. The van der Waals surface area contributed by atoms with Gasteiger partial charge in [-0.25, -0.2) is 4.98 Å². The Morgan fingerprint density at radius 3 is 2.62 bits per heavy atom. The molecule has 1 fully saturated rings. The van der Waals surface area contributed by atoms with Crippen LogP contribution in [0.5, 0.6) is 0 Å². The van der Waals surface area contributed by atoms with E-state index in [4.69, 9.17) is 10.2 Å². The number of Topliss-reactive ketones (excluding diaryl/α,β-unsaturated/α-hetero) is 2. The van der Waals surface area contributed by atoms with Crippen molar-refractivity contribution in [1.29, 1.82) is 5.26 Å². The van der Waals surface area contributed by atoms with E-state index >= 15 is 0 Å². The number of allylic oxidation sites excluding steroid dienone is 1. The Hall–Kier alpha value is -2.85. The molecule has 1 aliphatic carbocycles. The summed E-state index contributed by atoms with van der Waals surface area (Å²) in [6.07, 6.45) is 8.87. The van der Waals surface area contributed by atoms with Gasteiger partial charge in [-0.05, 0) is 55.7 Å². The molecule has 3 rings (SSSR count). The van der Waals surface area contributed by atoms with E-state index in [1.54, 1.807) is 11.3 Å². The molecule has 0 saturated heterocycles. The number of carbonyl (C=O) groups excluding carboxylic acids is 3. The van der Waals surface area contributed by atoms with Crippen LogP contribution in [0.2, 0.25) is 0 Å². The predicted molar refractivity (Wildman–Crippen MR) is 148 cm³/mol. The fraction of sp³-hybridized carbons (Fsp3) is 0.567. The molecular weight excluding hydrogens is 482 g/mol. The molecule has 7 heteroatoms. The number of rotatable bonds is 14. The normalized spacial score (nSPS) is 15.6. The summed E-state index contributed by atoms with van der Waals surface area (Å²) < 4.78 is 1.10. The highest BCUT2D eigenvalue weighted by atomic mass is 32.1. The summed E-state index contributed by atoms with van der Waals surface area (Å²) in [6.45, 7) is 7.63. The zero-order chi connectivity index (χ0) is 26.8. The molecule has 0 aliphatic heterocycles. The van der Waals surface area contributed by atoms with Crippen LogP contribution in [0.3, 0.4) is 0 Å². The van der Waals surface area contributed by atoms with Crippen molar-refractivity contribution in [2.45, 2.75) is 96.9 Å². The zero-order valence-corrected chi connectivity index (χ0v) is 23.0. The number of nitrogens with zero attached hydrogens (tertiary/aromatic N) is 2. The van der Waals surface area contributed by atoms with E-state index in [0.717, 1.165) is 53.7 Å². The Bertz CT molecular complexity index is 1160. The van der Waals surface area contributed by atoms with Crippen molar-refractivity contribution in [1.82, 2.24) is 10.3 Å². The van der Waals surface area contributed by atoms with Crippen molar-refractivity contribution in [3.8, 4) is 6.07 Å². The van der Waals surface area contributed by atoms with Gasteiger partial charge in [0.05, 0.1) is 26.7 Å². The van der Waals surface area contributed by atoms with Crippen LogP contribution in [-0.2, 0) is 27.2 Å². The average Bonchev–Trinajstić information content (AvgIpc) is 3.31. The van der Waals surface area contributed by atoms with Gasteiger partial charge in [-0.3, -0.25) is 14.4 Å². The first-order valence-electron chi connectivity index (χ1n) is 13.7. The maximum Gasteiger partial charge on any atom is 0.224 e. The van der Waals surface area contributed by atoms with Crippen molar-refractivity contribution in [3.05, 3.63) is 40.9 Å². The number of benzene rings is 1. The summed E-state index contributed by atoms with van der Waals surface area (Å²) in [6, 6.07) is 7.93. The van der Waals surface area contributed by atoms with E-state index in [0.29, 0.717) is 25.2 Å². The molecular formula is C30H39N3O3S. The van der Waals surface area contributed by atoms with E-state index in [-0.39, 0.29) is 41.9 Å². The van der Waals surface area contributed by atoms with Crippen molar-refractivity contribution in [3.63, 3.8) is 0 Å². The maximum absolute atomic E-state index is 13.6. The van der Waals surface area contributed by atoms with Gasteiger partial charge in [-0.15, -0.1) is 11.3 Å². The summed E-state index contributed by atoms with van der Waals surface area (Å²) in [5.74, 6) is -0.524. The molecule has 0 unspecified atom stereocenters. The van der Waals surface area contributed by atoms with Gasteiger partial charge in [0.15, 0.2) is 5.78 Å². The number of thiazole rings is 1. The van der Waals surface area contributed by atoms with E-state index in [2.05, 4.69) is 31.0 Å². The standard InChI is InChI=1S/C30H39N3O3S/c1-4-9-24(34)17-23(18-29-32-26-13-12-21(5-2)16-28(26)37-29)30(36)33-25(22-10-7-6-8-11-22)14-15-27(35)20(3)19-31/h12-13,16,22-23,25H,3-11,14-15,17-18H2,1-2H3,(H,33,36)/t23-,25+/m0/s1. The number of amides is 1. The fourth-order valence-electron chi connectivity index (χ4n) is 5.21. The van der Waals surface area contributed by atoms with Gasteiger partial charge in [0.25, 0.3) is 0 Å². The van der Waals surface area contributed by atoms with Gasteiger partial charge < -0.3 is 5.32 Å². The van der Waals surface area contributed by atoms with Crippen LogP contribution in [0, 0.1) is 23.2 Å². The number of fused-ring (bicyclic) bond motifs is 1. The Labute approximate surface area is 224 Å². The lowest BCUT2D eigenvalue weighted by Gasteiger charge is -2.32. The molecule has 2 aromatic rings. The predicted octanol–water partition coefficient (Wildman–Crippen LogP) is 6.27. The number of hydrogen-bond donors (Lipinski definition) is 1. The van der Waals surface area contributed by atoms with Crippen LogP contribution in [0.1, 0.15) is 88.6 Å². The Morgan fingerprint density at radius 2 is 1.95 bits per heavy atom. The van der Waals surface area contributed by atoms with Crippen LogP contribution < -0.4 is 5.32 Å². The van der Waals surface area contributed by atoms with Crippen LogP contribution >= 0.6 is 11.3 Å².